The summed E-state index contributed by atoms with van der Waals surface area (Å²) in [6, 6.07) is 6.54. The van der Waals surface area contributed by atoms with Crippen LogP contribution in [0.1, 0.15) is 12.8 Å². The standard InChI is InChI=1S/C21H31N5O5S2/c1-24(2)33(28,29)17-8-6-7-16(11-17)20-22-23-21(26(20)13-19(30-4)31-5)32-14-18(27)25(3)12-15-9-10-15/h6-8,11,15,19H,9-10,12-14H2,1-5H3. The minimum Gasteiger partial charge on any atom is -0.354 e. The molecular formula is C21H31N5O5S2. The van der Waals surface area contributed by atoms with Gasteiger partial charge < -0.3 is 14.4 Å². The van der Waals surface area contributed by atoms with Crippen LogP contribution in [-0.4, -0.2) is 92.2 Å². The average Bonchev–Trinajstić information content (AvgIpc) is 3.53. The van der Waals surface area contributed by atoms with Crippen LogP contribution in [0.25, 0.3) is 11.4 Å². The lowest BCUT2D eigenvalue weighted by atomic mass is 10.2. The molecular weight excluding hydrogens is 466 g/mol. The summed E-state index contributed by atoms with van der Waals surface area (Å²) < 4.78 is 38.9. The predicted octanol–water partition coefficient (Wildman–Crippen LogP) is 1.77. The maximum Gasteiger partial charge on any atom is 0.242 e. The number of nitrogens with zero attached hydrogens (tertiary/aromatic N) is 5. The second kappa shape index (κ2) is 11.0. The van der Waals surface area contributed by atoms with Crippen molar-refractivity contribution in [2.24, 2.45) is 5.92 Å². The highest BCUT2D eigenvalue weighted by Gasteiger charge is 2.26. The first-order chi connectivity index (χ1) is 15.7. The first kappa shape index (κ1) is 25.6. The molecule has 0 aliphatic heterocycles. The summed E-state index contributed by atoms with van der Waals surface area (Å²) in [5.74, 6) is 1.33. The first-order valence-corrected chi connectivity index (χ1v) is 13.0. The lowest BCUT2D eigenvalue weighted by molar-refractivity contribution is -0.127. The molecule has 1 amide bonds. The van der Waals surface area contributed by atoms with Crippen molar-refractivity contribution in [1.29, 1.82) is 0 Å². The van der Waals surface area contributed by atoms with E-state index in [0.29, 0.717) is 22.5 Å². The van der Waals surface area contributed by atoms with E-state index in [9.17, 15) is 13.2 Å². The predicted molar refractivity (Wildman–Crippen MR) is 125 cm³/mol. The number of carbonyl (C=O) groups is 1. The number of ether oxygens (including phenoxy) is 2. The smallest absolute Gasteiger partial charge is 0.242 e. The molecule has 0 N–H and O–H groups in total. The van der Waals surface area contributed by atoms with Crippen molar-refractivity contribution in [1.82, 2.24) is 24.0 Å². The molecule has 0 atom stereocenters. The van der Waals surface area contributed by atoms with E-state index in [1.165, 1.54) is 59.0 Å². The third kappa shape index (κ3) is 6.33. The van der Waals surface area contributed by atoms with Crippen LogP contribution < -0.4 is 0 Å². The zero-order valence-corrected chi connectivity index (χ0v) is 21.2. The summed E-state index contributed by atoms with van der Waals surface area (Å²) in [7, 11) is 4.24. The number of aromatic nitrogens is 3. The molecule has 1 aromatic heterocycles. The van der Waals surface area contributed by atoms with Crippen molar-refractivity contribution in [3.63, 3.8) is 0 Å². The highest BCUT2D eigenvalue weighted by atomic mass is 32.2. The Balaban J connectivity index is 1.89. The molecule has 10 nitrogen and oxygen atoms in total. The van der Waals surface area contributed by atoms with Crippen molar-refractivity contribution in [3.05, 3.63) is 24.3 Å². The molecule has 0 unspecified atom stereocenters. The van der Waals surface area contributed by atoms with Crippen molar-refractivity contribution >= 4 is 27.7 Å². The monoisotopic (exact) mass is 497 g/mol. The molecule has 2 aromatic rings. The van der Waals surface area contributed by atoms with E-state index in [-0.39, 0.29) is 23.1 Å². The van der Waals surface area contributed by atoms with Crippen molar-refractivity contribution in [3.8, 4) is 11.4 Å². The Morgan fingerprint density at radius 3 is 2.52 bits per heavy atom. The van der Waals surface area contributed by atoms with E-state index in [4.69, 9.17) is 9.47 Å². The Hall–Kier alpha value is -1.99. The summed E-state index contributed by atoms with van der Waals surface area (Å²) in [5, 5.41) is 9.11. The zero-order valence-electron chi connectivity index (χ0n) is 19.6. The molecule has 1 fully saturated rings. The van der Waals surface area contributed by atoms with E-state index in [2.05, 4.69) is 10.2 Å². The minimum absolute atomic E-state index is 0.0251. The fourth-order valence-corrected chi connectivity index (χ4v) is 5.04. The molecule has 0 bridgehead atoms. The molecule has 0 spiro atoms. The molecule has 1 aromatic carbocycles. The SMILES string of the molecule is COC(Cn1c(SCC(=O)N(C)CC2CC2)nnc1-c1cccc(S(=O)(=O)N(C)C)c1)OC. The number of amides is 1. The molecule has 1 saturated carbocycles. The second-order valence-electron chi connectivity index (χ2n) is 8.14. The van der Waals surface area contributed by atoms with E-state index in [1.807, 2.05) is 7.05 Å². The van der Waals surface area contributed by atoms with E-state index in [0.717, 1.165) is 10.8 Å². The Kier molecular flexibility index (Phi) is 8.51. The molecule has 1 aliphatic rings. The largest absolute Gasteiger partial charge is 0.354 e. The van der Waals surface area contributed by atoms with Gasteiger partial charge in [-0.3, -0.25) is 9.36 Å². The average molecular weight is 498 g/mol. The number of methoxy groups -OCH3 is 2. The Labute approximate surface area is 199 Å². The number of sulfonamides is 1. The van der Waals surface area contributed by atoms with Crippen molar-refractivity contribution in [2.75, 3.05) is 47.7 Å². The van der Waals surface area contributed by atoms with Crippen LogP contribution in [0.4, 0.5) is 0 Å². The molecule has 1 heterocycles. The number of hydrogen-bond acceptors (Lipinski definition) is 8. The maximum absolute atomic E-state index is 12.6. The number of thioether (sulfide) groups is 1. The summed E-state index contributed by atoms with van der Waals surface area (Å²) in [5.41, 5.74) is 0.584. The number of hydrogen-bond donors (Lipinski definition) is 0. The van der Waals surface area contributed by atoms with Crippen LogP contribution >= 0.6 is 11.8 Å². The van der Waals surface area contributed by atoms with Crippen molar-refractivity contribution < 1.29 is 22.7 Å². The minimum atomic E-state index is -3.61. The van der Waals surface area contributed by atoms with Crippen LogP contribution in [0.15, 0.2) is 34.3 Å². The van der Waals surface area contributed by atoms with Gasteiger partial charge in [0.25, 0.3) is 0 Å². The lowest BCUT2D eigenvalue weighted by Crippen LogP contribution is -2.30. The zero-order chi connectivity index (χ0) is 24.2. The molecule has 12 heteroatoms. The highest BCUT2D eigenvalue weighted by molar-refractivity contribution is 7.99. The molecule has 0 radical (unpaired) electrons. The third-order valence-corrected chi connectivity index (χ3v) is 8.19. The third-order valence-electron chi connectivity index (χ3n) is 5.42. The van der Waals surface area contributed by atoms with Gasteiger partial charge in [-0.25, -0.2) is 12.7 Å². The van der Waals surface area contributed by atoms with Crippen LogP contribution in [0.2, 0.25) is 0 Å². The number of carbonyl (C=O) groups excluding carboxylic acids is 1. The van der Waals surface area contributed by atoms with E-state index < -0.39 is 16.3 Å². The van der Waals surface area contributed by atoms with Gasteiger partial charge in [0, 0.05) is 47.5 Å². The van der Waals surface area contributed by atoms with Gasteiger partial charge in [0.15, 0.2) is 17.3 Å². The van der Waals surface area contributed by atoms with Gasteiger partial charge in [-0.2, -0.15) is 0 Å². The van der Waals surface area contributed by atoms with Gasteiger partial charge in [-0.1, -0.05) is 23.9 Å². The summed E-state index contributed by atoms with van der Waals surface area (Å²) in [4.78, 5) is 14.5. The van der Waals surface area contributed by atoms with Crippen LogP contribution in [0, 0.1) is 5.92 Å². The molecule has 182 valence electrons. The van der Waals surface area contributed by atoms with Gasteiger partial charge in [0.1, 0.15) is 0 Å². The Morgan fingerprint density at radius 2 is 1.91 bits per heavy atom. The summed E-state index contributed by atoms with van der Waals surface area (Å²) in [6.45, 7) is 1.05. The Bertz CT molecular complexity index is 1060. The fraction of sp³-hybridized carbons (Fsp3) is 0.571. The molecule has 3 rings (SSSR count). The van der Waals surface area contributed by atoms with Crippen molar-refractivity contribution in [2.45, 2.75) is 35.7 Å². The van der Waals surface area contributed by atoms with Gasteiger partial charge in [0.05, 0.1) is 17.2 Å². The van der Waals surface area contributed by atoms with Gasteiger partial charge >= 0.3 is 0 Å². The molecule has 33 heavy (non-hydrogen) atoms. The van der Waals surface area contributed by atoms with Crippen LogP contribution in [0.3, 0.4) is 0 Å². The Morgan fingerprint density at radius 1 is 1.21 bits per heavy atom. The van der Waals surface area contributed by atoms with Crippen LogP contribution in [0.5, 0.6) is 0 Å². The molecule has 0 saturated heterocycles. The van der Waals surface area contributed by atoms with Gasteiger partial charge in [0.2, 0.25) is 15.9 Å². The fourth-order valence-electron chi connectivity index (χ4n) is 3.20. The topological polar surface area (TPSA) is 107 Å². The quantitative estimate of drug-likeness (QED) is 0.323. The van der Waals surface area contributed by atoms with Crippen LogP contribution in [-0.2, 0) is 30.8 Å². The number of rotatable bonds is 12. The summed E-state index contributed by atoms with van der Waals surface area (Å²) in [6.07, 6.45) is 1.79. The van der Waals surface area contributed by atoms with Gasteiger partial charge in [-0.15, -0.1) is 10.2 Å². The normalized spacial score (nSPS) is 14.3. The first-order valence-electron chi connectivity index (χ1n) is 10.6. The van der Waals surface area contributed by atoms with E-state index in [1.54, 1.807) is 27.7 Å². The maximum atomic E-state index is 12.6. The van der Waals surface area contributed by atoms with Gasteiger partial charge in [-0.05, 0) is 30.9 Å². The molecule has 1 aliphatic carbocycles. The highest BCUT2D eigenvalue weighted by Crippen LogP contribution is 2.30. The van der Waals surface area contributed by atoms with E-state index >= 15 is 0 Å². The second-order valence-corrected chi connectivity index (χ2v) is 11.2. The lowest BCUT2D eigenvalue weighted by Gasteiger charge is -2.18. The summed E-state index contributed by atoms with van der Waals surface area (Å²) >= 11 is 1.28. The number of benzene rings is 1.